The smallest absolute Gasteiger partial charge is 0.123 e. The predicted molar refractivity (Wildman–Crippen MR) is 68.5 cm³/mol. The number of phenolic OH excluding ortho intramolecular Hbond substituents is 1. The van der Waals surface area contributed by atoms with Crippen molar-refractivity contribution in [2.24, 2.45) is 5.92 Å². The molecular weight excluding hydrogens is 217 g/mol. The Kier molecular flexibility index (Phi) is 4.94. The van der Waals surface area contributed by atoms with Gasteiger partial charge in [0.05, 0.1) is 0 Å². The fourth-order valence-electron chi connectivity index (χ4n) is 2.16. The SMILES string of the molecule is CC(C)CC(C)NC(C)c1cc(F)ccc1O. The van der Waals surface area contributed by atoms with Crippen molar-refractivity contribution in [1.29, 1.82) is 0 Å². The lowest BCUT2D eigenvalue weighted by molar-refractivity contribution is 0.393. The van der Waals surface area contributed by atoms with Crippen LogP contribution in [0.25, 0.3) is 0 Å². The van der Waals surface area contributed by atoms with E-state index < -0.39 is 0 Å². The number of halogens is 1. The highest BCUT2D eigenvalue weighted by molar-refractivity contribution is 5.34. The highest BCUT2D eigenvalue weighted by Crippen LogP contribution is 2.25. The summed E-state index contributed by atoms with van der Waals surface area (Å²) >= 11 is 0. The summed E-state index contributed by atoms with van der Waals surface area (Å²) in [6.45, 7) is 8.38. The van der Waals surface area contributed by atoms with Crippen molar-refractivity contribution in [3.8, 4) is 5.75 Å². The highest BCUT2D eigenvalue weighted by Gasteiger charge is 2.14. The van der Waals surface area contributed by atoms with Gasteiger partial charge in [0.15, 0.2) is 0 Å². The zero-order valence-corrected chi connectivity index (χ0v) is 11.0. The van der Waals surface area contributed by atoms with Crippen molar-refractivity contribution in [1.82, 2.24) is 5.32 Å². The van der Waals surface area contributed by atoms with Crippen LogP contribution >= 0.6 is 0 Å². The van der Waals surface area contributed by atoms with Crippen LogP contribution in [0.3, 0.4) is 0 Å². The first-order valence-corrected chi connectivity index (χ1v) is 6.14. The molecule has 96 valence electrons. The molecule has 0 fully saturated rings. The first-order chi connectivity index (χ1) is 7.90. The molecule has 1 aromatic carbocycles. The predicted octanol–water partition coefficient (Wildman–Crippen LogP) is 3.62. The topological polar surface area (TPSA) is 32.3 Å². The molecule has 0 aromatic heterocycles. The molecule has 1 aromatic rings. The van der Waals surface area contributed by atoms with Gasteiger partial charge in [0.2, 0.25) is 0 Å². The Morgan fingerprint density at radius 1 is 1.24 bits per heavy atom. The van der Waals surface area contributed by atoms with Crippen molar-refractivity contribution in [2.45, 2.75) is 46.2 Å². The summed E-state index contributed by atoms with van der Waals surface area (Å²) in [6.07, 6.45) is 1.06. The first kappa shape index (κ1) is 14.0. The molecule has 2 N–H and O–H groups in total. The van der Waals surface area contributed by atoms with E-state index in [9.17, 15) is 9.50 Å². The number of hydrogen-bond donors (Lipinski definition) is 2. The monoisotopic (exact) mass is 239 g/mol. The van der Waals surface area contributed by atoms with Crippen molar-refractivity contribution in [3.63, 3.8) is 0 Å². The number of hydrogen-bond acceptors (Lipinski definition) is 2. The maximum atomic E-state index is 13.1. The molecule has 0 amide bonds. The van der Waals surface area contributed by atoms with E-state index in [0.29, 0.717) is 17.5 Å². The summed E-state index contributed by atoms with van der Waals surface area (Å²) in [5.41, 5.74) is 0.612. The van der Waals surface area contributed by atoms with Crippen LogP contribution in [0.15, 0.2) is 18.2 Å². The zero-order chi connectivity index (χ0) is 13.0. The van der Waals surface area contributed by atoms with Gasteiger partial charge in [0, 0.05) is 17.6 Å². The molecule has 0 heterocycles. The Morgan fingerprint density at radius 3 is 2.47 bits per heavy atom. The van der Waals surface area contributed by atoms with Gasteiger partial charge in [-0.25, -0.2) is 4.39 Å². The molecule has 0 spiro atoms. The largest absolute Gasteiger partial charge is 0.508 e. The first-order valence-electron chi connectivity index (χ1n) is 6.14. The van der Waals surface area contributed by atoms with E-state index in [2.05, 4.69) is 26.1 Å². The molecule has 1 rings (SSSR count). The van der Waals surface area contributed by atoms with Crippen LogP contribution in [0.5, 0.6) is 5.75 Å². The van der Waals surface area contributed by atoms with Crippen LogP contribution in [0.1, 0.15) is 45.7 Å². The van der Waals surface area contributed by atoms with Crippen LogP contribution in [0.2, 0.25) is 0 Å². The minimum absolute atomic E-state index is 0.0561. The van der Waals surface area contributed by atoms with Gasteiger partial charge >= 0.3 is 0 Å². The summed E-state index contributed by atoms with van der Waals surface area (Å²) in [6, 6.07) is 4.33. The van der Waals surface area contributed by atoms with E-state index >= 15 is 0 Å². The number of rotatable bonds is 5. The van der Waals surface area contributed by atoms with Crippen molar-refractivity contribution >= 4 is 0 Å². The van der Waals surface area contributed by atoms with E-state index in [1.165, 1.54) is 18.2 Å². The molecular formula is C14H22FNO. The molecule has 0 aliphatic heterocycles. The van der Waals surface area contributed by atoms with Crippen LogP contribution in [0, 0.1) is 11.7 Å². The van der Waals surface area contributed by atoms with E-state index in [4.69, 9.17) is 0 Å². The number of phenols is 1. The van der Waals surface area contributed by atoms with Gasteiger partial charge in [-0.2, -0.15) is 0 Å². The second-order valence-electron chi connectivity index (χ2n) is 5.12. The molecule has 0 aliphatic rings. The summed E-state index contributed by atoms with van der Waals surface area (Å²) in [5.74, 6) is 0.442. The quantitative estimate of drug-likeness (QED) is 0.822. The number of aromatic hydroxyl groups is 1. The summed E-state index contributed by atoms with van der Waals surface area (Å²) in [4.78, 5) is 0. The highest BCUT2D eigenvalue weighted by atomic mass is 19.1. The molecule has 3 heteroatoms. The Hall–Kier alpha value is -1.09. The minimum Gasteiger partial charge on any atom is -0.508 e. The summed E-state index contributed by atoms with van der Waals surface area (Å²) < 4.78 is 13.1. The zero-order valence-electron chi connectivity index (χ0n) is 11.0. The maximum absolute atomic E-state index is 13.1. The molecule has 0 saturated carbocycles. The van der Waals surface area contributed by atoms with E-state index in [-0.39, 0.29) is 17.6 Å². The number of nitrogens with one attached hydrogen (secondary N) is 1. The van der Waals surface area contributed by atoms with Crippen LogP contribution in [-0.4, -0.2) is 11.1 Å². The average molecular weight is 239 g/mol. The van der Waals surface area contributed by atoms with E-state index in [1.54, 1.807) is 0 Å². The van der Waals surface area contributed by atoms with Crippen molar-refractivity contribution in [2.75, 3.05) is 0 Å². The normalized spacial score (nSPS) is 14.9. The summed E-state index contributed by atoms with van der Waals surface area (Å²) in [5, 5.41) is 13.1. The maximum Gasteiger partial charge on any atom is 0.123 e. The molecule has 17 heavy (non-hydrogen) atoms. The lowest BCUT2D eigenvalue weighted by Crippen LogP contribution is -2.30. The van der Waals surface area contributed by atoms with E-state index in [1.807, 2.05) is 6.92 Å². The second-order valence-corrected chi connectivity index (χ2v) is 5.12. The Labute approximate surface area is 103 Å². The fourth-order valence-corrected chi connectivity index (χ4v) is 2.16. The molecule has 2 atom stereocenters. The molecule has 0 radical (unpaired) electrons. The van der Waals surface area contributed by atoms with Gasteiger partial charge in [0.25, 0.3) is 0 Å². The standard InChI is InChI=1S/C14H22FNO/c1-9(2)7-10(3)16-11(4)13-8-12(15)5-6-14(13)17/h5-6,8-11,16-17H,7H2,1-4H3. The van der Waals surface area contributed by atoms with Crippen LogP contribution in [-0.2, 0) is 0 Å². The third-order valence-corrected chi connectivity index (χ3v) is 2.82. The lowest BCUT2D eigenvalue weighted by atomic mass is 10.0. The second kappa shape index (κ2) is 6.01. The van der Waals surface area contributed by atoms with Crippen LogP contribution in [0.4, 0.5) is 4.39 Å². The molecule has 0 saturated heterocycles. The number of benzene rings is 1. The fraction of sp³-hybridized carbons (Fsp3) is 0.571. The van der Waals surface area contributed by atoms with Crippen LogP contribution < -0.4 is 5.32 Å². The van der Waals surface area contributed by atoms with Gasteiger partial charge in [-0.05, 0) is 44.4 Å². The molecule has 0 bridgehead atoms. The minimum atomic E-state index is -0.317. The van der Waals surface area contributed by atoms with Gasteiger partial charge in [-0.15, -0.1) is 0 Å². The van der Waals surface area contributed by atoms with Crippen molar-refractivity contribution in [3.05, 3.63) is 29.6 Å². The third kappa shape index (κ3) is 4.35. The van der Waals surface area contributed by atoms with E-state index in [0.717, 1.165) is 6.42 Å². The Bertz CT molecular complexity index is 365. The third-order valence-electron chi connectivity index (χ3n) is 2.82. The van der Waals surface area contributed by atoms with Gasteiger partial charge < -0.3 is 10.4 Å². The van der Waals surface area contributed by atoms with Gasteiger partial charge in [-0.3, -0.25) is 0 Å². The average Bonchev–Trinajstić information content (AvgIpc) is 2.20. The van der Waals surface area contributed by atoms with Gasteiger partial charge in [-0.1, -0.05) is 13.8 Å². The van der Waals surface area contributed by atoms with Gasteiger partial charge in [0.1, 0.15) is 11.6 Å². The van der Waals surface area contributed by atoms with Crippen molar-refractivity contribution < 1.29 is 9.50 Å². The molecule has 2 nitrogen and oxygen atoms in total. The Balaban J connectivity index is 2.69. The Morgan fingerprint density at radius 2 is 1.88 bits per heavy atom. The summed E-state index contributed by atoms with van der Waals surface area (Å²) in [7, 11) is 0. The molecule has 0 aliphatic carbocycles. The molecule has 2 unspecified atom stereocenters. The lowest BCUT2D eigenvalue weighted by Gasteiger charge is -2.22.